The van der Waals surface area contributed by atoms with E-state index < -0.39 is 0 Å². The van der Waals surface area contributed by atoms with Crippen molar-refractivity contribution in [1.82, 2.24) is 19.4 Å². The van der Waals surface area contributed by atoms with Gasteiger partial charge in [0.15, 0.2) is 0 Å². The fourth-order valence-corrected chi connectivity index (χ4v) is 4.52. The minimum atomic E-state index is -0.180. The Kier molecular flexibility index (Phi) is 7.98. The summed E-state index contributed by atoms with van der Waals surface area (Å²) in [7, 11) is 0. The van der Waals surface area contributed by atoms with E-state index in [1.165, 1.54) is 0 Å². The van der Waals surface area contributed by atoms with Gasteiger partial charge in [0.05, 0.1) is 5.69 Å². The van der Waals surface area contributed by atoms with E-state index in [-0.39, 0.29) is 5.69 Å². The molecule has 3 aromatic rings. The molecular formula is C25H28Cl2N4O. The van der Waals surface area contributed by atoms with E-state index >= 15 is 0 Å². The summed E-state index contributed by atoms with van der Waals surface area (Å²) in [4.78, 5) is 21.5. The number of benzene rings is 2. The number of nitrogens with zero attached hydrogens (tertiary/aromatic N) is 4. The van der Waals surface area contributed by atoms with Gasteiger partial charge in [-0.2, -0.15) is 4.98 Å². The van der Waals surface area contributed by atoms with Gasteiger partial charge in [0.2, 0.25) is 0 Å². The zero-order chi connectivity index (χ0) is 22.3. The number of hydrogen-bond donors (Lipinski definition) is 0. The molecule has 1 aliphatic heterocycles. The van der Waals surface area contributed by atoms with Crippen LogP contribution >= 0.6 is 23.2 Å². The van der Waals surface area contributed by atoms with Crippen LogP contribution in [0, 0.1) is 0 Å². The highest BCUT2D eigenvalue weighted by molar-refractivity contribution is 6.35. The van der Waals surface area contributed by atoms with Gasteiger partial charge in [-0.05, 0) is 43.1 Å². The molecule has 168 valence electrons. The average Bonchev–Trinajstić information content (AvgIpc) is 2.81. The van der Waals surface area contributed by atoms with Crippen LogP contribution in [0.4, 0.5) is 0 Å². The molecule has 0 saturated carbocycles. The number of halogens is 2. The van der Waals surface area contributed by atoms with Crippen molar-refractivity contribution in [3.05, 3.63) is 86.9 Å². The number of hydrogen-bond acceptors (Lipinski definition) is 4. The smallest absolute Gasteiger partial charge is 0.301 e. The molecule has 1 aliphatic rings. The summed E-state index contributed by atoms with van der Waals surface area (Å²) in [5.41, 5.74) is 2.64. The molecule has 0 bridgehead atoms. The number of rotatable bonds is 8. The maximum atomic E-state index is 12.4. The van der Waals surface area contributed by atoms with E-state index in [1.54, 1.807) is 4.57 Å². The molecular weight excluding hydrogens is 443 g/mol. The third kappa shape index (κ3) is 6.20. The van der Waals surface area contributed by atoms with Crippen molar-refractivity contribution in [2.24, 2.45) is 0 Å². The zero-order valence-electron chi connectivity index (χ0n) is 18.1. The lowest BCUT2D eigenvalue weighted by Crippen LogP contribution is -2.46. The van der Waals surface area contributed by atoms with E-state index in [0.29, 0.717) is 11.6 Å². The summed E-state index contributed by atoms with van der Waals surface area (Å²) in [5, 5.41) is 1.41. The molecule has 0 amide bonds. The Balaban J connectivity index is 1.18. The van der Waals surface area contributed by atoms with E-state index in [9.17, 15) is 4.79 Å². The van der Waals surface area contributed by atoms with Crippen LogP contribution in [-0.2, 0) is 13.1 Å². The monoisotopic (exact) mass is 470 g/mol. The normalized spacial score (nSPS) is 15.2. The molecule has 0 spiro atoms. The van der Waals surface area contributed by atoms with Crippen molar-refractivity contribution in [3.63, 3.8) is 0 Å². The molecule has 1 fully saturated rings. The van der Waals surface area contributed by atoms with E-state index in [0.717, 1.165) is 74.0 Å². The van der Waals surface area contributed by atoms with E-state index in [1.807, 2.05) is 60.8 Å². The van der Waals surface area contributed by atoms with Gasteiger partial charge in [-0.15, -0.1) is 0 Å². The van der Waals surface area contributed by atoms with Gasteiger partial charge in [-0.25, -0.2) is 4.79 Å². The second-order valence-electron chi connectivity index (χ2n) is 8.22. The van der Waals surface area contributed by atoms with Crippen LogP contribution in [0.5, 0.6) is 0 Å². The van der Waals surface area contributed by atoms with Crippen molar-refractivity contribution < 1.29 is 0 Å². The van der Waals surface area contributed by atoms with Gasteiger partial charge in [0.1, 0.15) is 0 Å². The molecule has 2 heterocycles. The zero-order valence-corrected chi connectivity index (χ0v) is 19.6. The van der Waals surface area contributed by atoms with Gasteiger partial charge in [-0.3, -0.25) is 9.47 Å². The van der Waals surface area contributed by atoms with Crippen molar-refractivity contribution in [2.45, 2.75) is 25.9 Å². The fourth-order valence-electron chi connectivity index (χ4n) is 4.05. The van der Waals surface area contributed by atoms with E-state index in [4.69, 9.17) is 23.2 Å². The highest BCUT2D eigenvalue weighted by atomic mass is 35.5. The van der Waals surface area contributed by atoms with Crippen molar-refractivity contribution in [2.75, 3.05) is 32.7 Å². The maximum Gasteiger partial charge on any atom is 0.348 e. The molecule has 5 nitrogen and oxygen atoms in total. The van der Waals surface area contributed by atoms with Crippen LogP contribution in [0.3, 0.4) is 0 Å². The topological polar surface area (TPSA) is 41.4 Å². The van der Waals surface area contributed by atoms with Gasteiger partial charge < -0.3 is 4.90 Å². The second kappa shape index (κ2) is 11.1. The van der Waals surface area contributed by atoms with Crippen LogP contribution in [0.15, 0.2) is 65.6 Å². The number of piperazine rings is 1. The predicted molar refractivity (Wildman–Crippen MR) is 131 cm³/mol. The Labute approximate surface area is 199 Å². The summed E-state index contributed by atoms with van der Waals surface area (Å²) in [6, 6.07) is 17.4. The quantitative estimate of drug-likeness (QED) is 0.442. The Hall–Kier alpha value is -2.18. The summed E-state index contributed by atoms with van der Waals surface area (Å²) < 4.78 is 1.71. The summed E-state index contributed by atoms with van der Waals surface area (Å²) in [5.74, 6) is 0. The van der Waals surface area contributed by atoms with Crippen LogP contribution in [0.1, 0.15) is 18.4 Å². The standard InChI is InChI=1S/C25H28Cl2N4O/c26-22-9-8-21(23(27)18-22)19-30-16-14-29(15-17-30)11-4-5-12-31-13-10-24(28-25(31)32)20-6-2-1-3-7-20/h1-3,6-10,13,18H,4-5,11-12,14-17,19H2. The fraction of sp³-hybridized carbons (Fsp3) is 0.360. The average molecular weight is 471 g/mol. The maximum absolute atomic E-state index is 12.4. The number of aryl methyl sites for hydroxylation is 1. The first-order valence-electron chi connectivity index (χ1n) is 11.1. The molecule has 4 rings (SSSR count). The van der Waals surface area contributed by atoms with Crippen molar-refractivity contribution in [1.29, 1.82) is 0 Å². The van der Waals surface area contributed by atoms with Gasteiger partial charge in [0.25, 0.3) is 0 Å². The summed E-state index contributed by atoms with van der Waals surface area (Å²) in [6.07, 6.45) is 3.89. The van der Waals surface area contributed by atoms with Gasteiger partial charge >= 0.3 is 5.69 Å². The lowest BCUT2D eigenvalue weighted by Gasteiger charge is -2.34. The summed E-state index contributed by atoms with van der Waals surface area (Å²) in [6.45, 7) is 6.79. The number of unbranched alkanes of at least 4 members (excludes halogenated alkanes) is 1. The highest BCUT2D eigenvalue weighted by Gasteiger charge is 2.17. The van der Waals surface area contributed by atoms with Crippen LogP contribution < -0.4 is 5.69 Å². The molecule has 0 atom stereocenters. The SMILES string of the molecule is O=c1nc(-c2ccccc2)ccn1CCCCN1CCN(Cc2ccc(Cl)cc2Cl)CC1. The first kappa shape index (κ1) is 23.0. The predicted octanol–water partition coefficient (Wildman–Crippen LogP) is 4.82. The molecule has 0 N–H and O–H groups in total. The van der Waals surface area contributed by atoms with Crippen LogP contribution in [-0.4, -0.2) is 52.1 Å². The molecule has 0 unspecified atom stereocenters. The first-order valence-corrected chi connectivity index (χ1v) is 11.9. The Morgan fingerprint density at radius 2 is 1.56 bits per heavy atom. The van der Waals surface area contributed by atoms with Crippen LogP contribution in [0.2, 0.25) is 10.0 Å². The largest absolute Gasteiger partial charge is 0.348 e. The van der Waals surface area contributed by atoms with E-state index in [2.05, 4.69) is 14.8 Å². The lowest BCUT2D eigenvalue weighted by molar-refractivity contribution is 0.125. The van der Waals surface area contributed by atoms with Gasteiger partial charge in [-0.1, -0.05) is 59.6 Å². The summed E-state index contributed by atoms with van der Waals surface area (Å²) >= 11 is 12.3. The molecule has 7 heteroatoms. The Morgan fingerprint density at radius 3 is 2.28 bits per heavy atom. The highest BCUT2D eigenvalue weighted by Crippen LogP contribution is 2.22. The molecule has 0 radical (unpaired) electrons. The first-order chi connectivity index (χ1) is 15.6. The van der Waals surface area contributed by atoms with Gasteiger partial charge in [0, 0.05) is 61.1 Å². The molecule has 0 aliphatic carbocycles. The third-order valence-electron chi connectivity index (χ3n) is 5.94. The third-order valence-corrected chi connectivity index (χ3v) is 6.53. The molecule has 1 aromatic heterocycles. The molecule has 32 heavy (non-hydrogen) atoms. The Morgan fingerprint density at radius 1 is 0.844 bits per heavy atom. The van der Waals surface area contributed by atoms with Crippen molar-refractivity contribution in [3.8, 4) is 11.3 Å². The minimum Gasteiger partial charge on any atom is -0.301 e. The second-order valence-corrected chi connectivity index (χ2v) is 9.06. The number of aromatic nitrogens is 2. The minimum absolute atomic E-state index is 0.180. The lowest BCUT2D eigenvalue weighted by atomic mass is 10.1. The molecule has 2 aromatic carbocycles. The van der Waals surface area contributed by atoms with Crippen molar-refractivity contribution >= 4 is 23.2 Å². The molecule has 1 saturated heterocycles. The Bertz CT molecular complexity index is 1080. The van der Waals surface area contributed by atoms with Crippen LogP contribution in [0.25, 0.3) is 11.3 Å².